The number of hydrogen-bond donors (Lipinski definition) is 2. The molecule has 0 aliphatic rings. The molecule has 0 aliphatic heterocycles. The zero-order chi connectivity index (χ0) is 11.5. The molecular weight excluding hydrogens is 193 g/mol. The van der Waals surface area contributed by atoms with E-state index in [2.05, 4.69) is 5.32 Å². The van der Waals surface area contributed by atoms with Crippen molar-refractivity contribution in [2.24, 2.45) is 0 Å². The van der Waals surface area contributed by atoms with Crippen LogP contribution < -0.4 is 5.32 Å². The summed E-state index contributed by atoms with van der Waals surface area (Å²) in [6, 6.07) is 6.51. The first-order chi connectivity index (χ1) is 6.88. The van der Waals surface area contributed by atoms with E-state index < -0.39 is 5.60 Å². The molecule has 0 spiro atoms. The molecule has 0 amide bonds. The quantitative estimate of drug-likeness (QED) is 0.800. The fraction of sp³-hybridized carbons (Fsp3) is 0.500. The van der Waals surface area contributed by atoms with Crippen molar-refractivity contribution in [2.45, 2.75) is 32.4 Å². The maximum atomic E-state index is 12.9. The molecule has 0 bridgehead atoms. The van der Waals surface area contributed by atoms with Gasteiger partial charge in [-0.05, 0) is 38.5 Å². The molecule has 0 aliphatic carbocycles. The fourth-order valence-electron chi connectivity index (χ4n) is 1.30. The zero-order valence-electron chi connectivity index (χ0n) is 9.42. The first-order valence-corrected chi connectivity index (χ1v) is 5.10. The van der Waals surface area contributed by atoms with E-state index >= 15 is 0 Å². The van der Waals surface area contributed by atoms with Gasteiger partial charge in [0.1, 0.15) is 5.82 Å². The minimum Gasteiger partial charge on any atom is -0.389 e. The molecule has 1 aromatic rings. The maximum Gasteiger partial charge on any atom is 0.123 e. The molecule has 84 valence electrons. The van der Waals surface area contributed by atoms with Gasteiger partial charge in [-0.3, -0.25) is 0 Å². The van der Waals surface area contributed by atoms with Crippen LogP contribution >= 0.6 is 0 Å². The van der Waals surface area contributed by atoms with E-state index in [9.17, 15) is 9.50 Å². The second-order valence-corrected chi connectivity index (χ2v) is 4.47. The normalized spacial score (nSPS) is 13.9. The lowest BCUT2D eigenvalue weighted by Gasteiger charge is -2.21. The van der Waals surface area contributed by atoms with Crippen LogP contribution in [0.25, 0.3) is 0 Å². The van der Waals surface area contributed by atoms with Crippen molar-refractivity contribution in [1.29, 1.82) is 0 Å². The first kappa shape index (κ1) is 12.1. The van der Waals surface area contributed by atoms with Gasteiger partial charge in [0.2, 0.25) is 0 Å². The molecule has 0 radical (unpaired) electrons. The minimum absolute atomic E-state index is 0.0344. The molecule has 2 N–H and O–H groups in total. The van der Waals surface area contributed by atoms with Crippen molar-refractivity contribution in [3.63, 3.8) is 0 Å². The van der Waals surface area contributed by atoms with E-state index in [0.29, 0.717) is 6.54 Å². The van der Waals surface area contributed by atoms with Crippen LogP contribution in [0.1, 0.15) is 32.4 Å². The Bertz CT molecular complexity index is 320. The number of aliphatic hydroxyl groups is 1. The van der Waals surface area contributed by atoms with Crippen LogP contribution in [0, 0.1) is 5.82 Å². The lowest BCUT2D eigenvalue weighted by molar-refractivity contribution is 0.0770. The lowest BCUT2D eigenvalue weighted by atomic mass is 10.1. The molecule has 2 nitrogen and oxygen atoms in total. The Morgan fingerprint density at radius 1 is 1.47 bits per heavy atom. The number of halogens is 1. The topological polar surface area (TPSA) is 32.3 Å². The number of rotatable bonds is 4. The maximum absolute atomic E-state index is 12.9. The molecule has 0 unspecified atom stereocenters. The summed E-state index contributed by atoms with van der Waals surface area (Å²) in [5, 5.41) is 12.7. The van der Waals surface area contributed by atoms with E-state index in [4.69, 9.17) is 0 Å². The van der Waals surface area contributed by atoms with E-state index in [0.717, 1.165) is 5.56 Å². The standard InChI is InChI=1S/C12H18FNO/c1-9(14-8-12(2,3)15)10-5-4-6-11(13)7-10/h4-7,9,14-15H,8H2,1-3H3/t9-/m1/s1. The van der Waals surface area contributed by atoms with E-state index in [-0.39, 0.29) is 11.9 Å². The van der Waals surface area contributed by atoms with Gasteiger partial charge < -0.3 is 10.4 Å². The summed E-state index contributed by atoms with van der Waals surface area (Å²) in [6.45, 7) is 5.89. The van der Waals surface area contributed by atoms with Crippen molar-refractivity contribution >= 4 is 0 Å². The monoisotopic (exact) mass is 211 g/mol. The van der Waals surface area contributed by atoms with Crippen LogP contribution in [0.4, 0.5) is 4.39 Å². The Morgan fingerprint density at radius 3 is 2.67 bits per heavy atom. The molecule has 1 rings (SSSR count). The number of hydrogen-bond acceptors (Lipinski definition) is 2. The lowest BCUT2D eigenvalue weighted by Crippen LogP contribution is -2.36. The first-order valence-electron chi connectivity index (χ1n) is 5.10. The SMILES string of the molecule is C[C@@H](NCC(C)(C)O)c1cccc(F)c1. The molecule has 0 heterocycles. The van der Waals surface area contributed by atoms with Crippen molar-refractivity contribution in [1.82, 2.24) is 5.32 Å². The third-order valence-electron chi connectivity index (χ3n) is 2.19. The molecule has 1 atom stereocenters. The van der Waals surface area contributed by atoms with Gasteiger partial charge in [-0.1, -0.05) is 12.1 Å². The Labute approximate surface area is 90.1 Å². The Morgan fingerprint density at radius 2 is 2.13 bits per heavy atom. The minimum atomic E-state index is -0.748. The summed E-state index contributed by atoms with van der Waals surface area (Å²) in [4.78, 5) is 0. The summed E-state index contributed by atoms with van der Waals surface area (Å²) in [7, 11) is 0. The van der Waals surface area contributed by atoms with Crippen LogP contribution in [0.15, 0.2) is 24.3 Å². The third kappa shape index (κ3) is 4.40. The summed E-state index contributed by atoms with van der Waals surface area (Å²) in [6.07, 6.45) is 0. The third-order valence-corrected chi connectivity index (χ3v) is 2.19. The van der Waals surface area contributed by atoms with Crippen molar-refractivity contribution in [2.75, 3.05) is 6.54 Å². The van der Waals surface area contributed by atoms with Gasteiger partial charge in [-0.2, -0.15) is 0 Å². The molecule has 1 aromatic carbocycles. The van der Waals surface area contributed by atoms with Gasteiger partial charge in [-0.15, -0.1) is 0 Å². The molecule has 0 aromatic heterocycles. The van der Waals surface area contributed by atoms with Crippen LogP contribution in [0.2, 0.25) is 0 Å². The molecule has 15 heavy (non-hydrogen) atoms. The highest BCUT2D eigenvalue weighted by atomic mass is 19.1. The second kappa shape index (κ2) is 4.73. The van der Waals surface area contributed by atoms with Gasteiger partial charge in [0.05, 0.1) is 5.60 Å². The highest BCUT2D eigenvalue weighted by molar-refractivity contribution is 5.19. The zero-order valence-corrected chi connectivity index (χ0v) is 9.42. The highest BCUT2D eigenvalue weighted by Gasteiger charge is 2.14. The molecule has 0 fully saturated rings. The van der Waals surface area contributed by atoms with E-state index in [1.165, 1.54) is 12.1 Å². The Hall–Kier alpha value is -0.930. The smallest absolute Gasteiger partial charge is 0.123 e. The average Bonchev–Trinajstić information content (AvgIpc) is 2.13. The Kier molecular flexibility index (Phi) is 3.83. The molecule has 0 saturated carbocycles. The predicted molar refractivity (Wildman–Crippen MR) is 59.1 cm³/mol. The summed E-state index contributed by atoms with van der Waals surface area (Å²) in [5.74, 6) is -0.232. The van der Waals surface area contributed by atoms with Crippen LogP contribution in [0.5, 0.6) is 0 Å². The molecule has 0 saturated heterocycles. The largest absolute Gasteiger partial charge is 0.389 e. The van der Waals surface area contributed by atoms with Crippen molar-refractivity contribution in [3.05, 3.63) is 35.6 Å². The van der Waals surface area contributed by atoms with E-state index in [1.54, 1.807) is 19.9 Å². The van der Waals surface area contributed by atoms with Crippen LogP contribution in [-0.2, 0) is 0 Å². The average molecular weight is 211 g/mol. The van der Waals surface area contributed by atoms with Gasteiger partial charge in [-0.25, -0.2) is 4.39 Å². The van der Waals surface area contributed by atoms with Crippen LogP contribution in [0.3, 0.4) is 0 Å². The van der Waals surface area contributed by atoms with Crippen molar-refractivity contribution in [3.8, 4) is 0 Å². The second-order valence-electron chi connectivity index (χ2n) is 4.47. The van der Waals surface area contributed by atoms with Gasteiger partial charge in [0.25, 0.3) is 0 Å². The fourth-order valence-corrected chi connectivity index (χ4v) is 1.30. The van der Waals surface area contributed by atoms with Crippen LogP contribution in [-0.4, -0.2) is 17.3 Å². The molecular formula is C12H18FNO. The van der Waals surface area contributed by atoms with Gasteiger partial charge in [0.15, 0.2) is 0 Å². The van der Waals surface area contributed by atoms with Gasteiger partial charge in [0, 0.05) is 12.6 Å². The number of benzene rings is 1. The van der Waals surface area contributed by atoms with Crippen molar-refractivity contribution < 1.29 is 9.50 Å². The van der Waals surface area contributed by atoms with Gasteiger partial charge >= 0.3 is 0 Å². The summed E-state index contributed by atoms with van der Waals surface area (Å²) < 4.78 is 12.9. The number of nitrogens with one attached hydrogen (secondary N) is 1. The summed E-state index contributed by atoms with van der Waals surface area (Å²) in [5.41, 5.74) is 0.140. The summed E-state index contributed by atoms with van der Waals surface area (Å²) >= 11 is 0. The highest BCUT2D eigenvalue weighted by Crippen LogP contribution is 2.14. The predicted octanol–water partition coefficient (Wildman–Crippen LogP) is 2.25. The Balaban J connectivity index is 2.58. The van der Waals surface area contributed by atoms with E-state index in [1.807, 2.05) is 13.0 Å². The molecule has 3 heteroatoms.